The minimum absolute atomic E-state index is 0. The number of amides is 1. The first-order valence-electron chi connectivity index (χ1n) is 9.55. The Bertz CT molecular complexity index is 940. The van der Waals surface area contributed by atoms with E-state index in [-0.39, 0.29) is 18.3 Å². The molecule has 0 saturated carbocycles. The van der Waals surface area contributed by atoms with Gasteiger partial charge in [0.1, 0.15) is 11.3 Å². The molecule has 3 rings (SSSR count). The number of hydrogen-bond acceptors (Lipinski definition) is 6. The predicted molar refractivity (Wildman–Crippen MR) is 121 cm³/mol. The lowest BCUT2D eigenvalue weighted by molar-refractivity contribution is 0.0980. The van der Waals surface area contributed by atoms with Gasteiger partial charge in [-0.05, 0) is 59.1 Å². The molecule has 2 aromatic heterocycles. The van der Waals surface area contributed by atoms with Gasteiger partial charge in [0.25, 0.3) is 5.91 Å². The summed E-state index contributed by atoms with van der Waals surface area (Å²) in [6, 6.07) is 7.64. The Kier molecular flexibility index (Phi) is 8.43. The molecule has 0 radical (unpaired) electrons. The molecule has 9 heteroatoms. The summed E-state index contributed by atoms with van der Waals surface area (Å²) in [6.45, 7) is 6.73. The molecule has 2 heterocycles. The van der Waals surface area contributed by atoms with Crippen molar-refractivity contribution in [3.8, 4) is 5.75 Å². The fourth-order valence-corrected chi connectivity index (χ4v) is 3.93. The molecule has 1 amide bonds. The smallest absolute Gasteiger partial charge is 0.280 e. The number of ether oxygens (including phenoxy) is 1. The number of hydrogen-bond donors (Lipinski definition) is 0. The maximum absolute atomic E-state index is 13.2. The number of thiazole rings is 1. The predicted octanol–water partition coefficient (Wildman–Crippen LogP) is 3.93. The van der Waals surface area contributed by atoms with E-state index in [0.717, 1.165) is 35.5 Å². The third-order valence-corrected chi connectivity index (χ3v) is 5.36. The van der Waals surface area contributed by atoms with E-state index in [9.17, 15) is 4.79 Å². The van der Waals surface area contributed by atoms with Crippen LogP contribution in [0.3, 0.4) is 0 Å². The lowest BCUT2D eigenvalue weighted by atomic mass is 10.3. The average Bonchev–Trinajstić information content (AvgIpc) is 3.32. The number of para-hydroxylation sites is 1. The van der Waals surface area contributed by atoms with Gasteiger partial charge in [0, 0.05) is 19.3 Å². The standard InChI is InChI=1S/C20H27N5O2S.ClH/c1-5-24-14-11-15(22-24)19(26)25(13-8-12-23(3)4)20-21-18-16(27-6-2)9-7-10-17(18)28-20;/h7,9-11,14H,5-6,8,12-13H2,1-4H3;1H. The zero-order chi connectivity index (χ0) is 20.1. The van der Waals surface area contributed by atoms with Crippen LogP contribution in [0.25, 0.3) is 10.2 Å². The number of halogens is 1. The van der Waals surface area contributed by atoms with Crippen LogP contribution in [0.1, 0.15) is 30.8 Å². The molecule has 0 atom stereocenters. The summed E-state index contributed by atoms with van der Waals surface area (Å²) in [5.41, 5.74) is 1.24. The maximum Gasteiger partial charge on any atom is 0.280 e. The third kappa shape index (κ3) is 5.46. The van der Waals surface area contributed by atoms with Gasteiger partial charge in [0.2, 0.25) is 0 Å². The molecule has 0 unspecified atom stereocenters. The van der Waals surface area contributed by atoms with Gasteiger partial charge in [0.05, 0.1) is 11.3 Å². The number of rotatable bonds is 9. The van der Waals surface area contributed by atoms with Gasteiger partial charge >= 0.3 is 0 Å². The van der Waals surface area contributed by atoms with Crippen LogP contribution >= 0.6 is 23.7 Å². The molecule has 0 spiro atoms. The highest BCUT2D eigenvalue weighted by Crippen LogP contribution is 2.34. The van der Waals surface area contributed by atoms with Crippen molar-refractivity contribution in [1.29, 1.82) is 0 Å². The topological polar surface area (TPSA) is 63.5 Å². The minimum Gasteiger partial charge on any atom is -0.492 e. The highest BCUT2D eigenvalue weighted by Gasteiger charge is 2.23. The fourth-order valence-electron chi connectivity index (χ4n) is 2.92. The number of aryl methyl sites for hydroxylation is 1. The van der Waals surface area contributed by atoms with E-state index < -0.39 is 0 Å². The van der Waals surface area contributed by atoms with Crippen molar-refractivity contribution in [3.63, 3.8) is 0 Å². The van der Waals surface area contributed by atoms with Gasteiger partial charge in [-0.2, -0.15) is 5.10 Å². The summed E-state index contributed by atoms with van der Waals surface area (Å²) < 4.78 is 8.47. The van der Waals surface area contributed by atoms with Crippen molar-refractivity contribution < 1.29 is 9.53 Å². The summed E-state index contributed by atoms with van der Waals surface area (Å²) in [5.74, 6) is 0.626. The van der Waals surface area contributed by atoms with Crippen molar-refractivity contribution in [2.24, 2.45) is 0 Å². The molecule has 158 valence electrons. The summed E-state index contributed by atoms with van der Waals surface area (Å²) >= 11 is 1.51. The van der Waals surface area contributed by atoms with Gasteiger partial charge in [0.15, 0.2) is 10.8 Å². The third-order valence-electron chi connectivity index (χ3n) is 4.32. The van der Waals surface area contributed by atoms with Crippen LogP contribution in [0, 0.1) is 0 Å². The molecule has 0 fully saturated rings. The summed E-state index contributed by atoms with van der Waals surface area (Å²) in [7, 11) is 4.06. The first-order valence-corrected chi connectivity index (χ1v) is 10.4. The summed E-state index contributed by atoms with van der Waals surface area (Å²) in [6.07, 6.45) is 2.68. The average molecular weight is 438 g/mol. The lowest BCUT2D eigenvalue weighted by Crippen LogP contribution is -2.33. The molecule has 3 aromatic rings. The second-order valence-corrected chi connectivity index (χ2v) is 7.71. The Labute approximate surface area is 181 Å². The van der Waals surface area contributed by atoms with Crippen LogP contribution < -0.4 is 9.64 Å². The second-order valence-electron chi connectivity index (χ2n) is 6.70. The monoisotopic (exact) mass is 437 g/mol. The van der Waals surface area contributed by atoms with Crippen molar-refractivity contribution in [3.05, 3.63) is 36.2 Å². The van der Waals surface area contributed by atoms with Gasteiger partial charge in [-0.25, -0.2) is 4.98 Å². The van der Waals surface area contributed by atoms with E-state index in [4.69, 9.17) is 9.72 Å². The van der Waals surface area contributed by atoms with Crippen molar-refractivity contribution in [2.45, 2.75) is 26.8 Å². The first kappa shape index (κ1) is 23.1. The highest BCUT2D eigenvalue weighted by atomic mass is 35.5. The Hall–Kier alpha value is -2.16. The van der Waals surface area contributed by atoms with Gasteiger partial charge < -0.3 is 9.64 Å². The van der Waals surface area contributed by atoms with Crippen molar-refractivity contribution in [2.75, 3.05) is 38.7 Å². The second kappa shape index (κ2) is 10.6. The number of aromatic nitrogens is 3. The molecular weight excluding hydrogens is 410 g/mol. The van der Waals surface area contributed by atoms with E-state index >= 15 is 0 Å². The molecule has 0 aliphatic carbocycles. The SMILES string of the molecule is CCOc1cccc2sc(N(CCCN(C)C)C(=O)c3ccn(CC)n3)nc12.Cl. The van der Waals surface area contributed by atoms with Gasteiger partial charge in [-0.3, -0.25) is 14.4 Å². The molecule has 0 saturated heterocycles. The first-order chi connectivity index (χ1) is 13.5. The molecule has 1 aromatic carbocycles. The fraction of sp³-hybridized carbons (Fsp3) is 0.450. The molecule has 0 aliphatic rings. The number of anilines is 1. The maximum atomic E-state index is 13.2. The van der Waals surface area contributed by atoms with Crippen LogP contribution in [0.2, 0.25) is 0 Å². The summed E-state index contributed by atoms with van der Waals surface area (Å²) in [4.78, 5) is 21.8. The molecule has 29 heavy (non-hydrogen) atoms. The Morgan fingerprint density at radius 2 is 2.00 bits per heavy atom. The minimum atomic E-state index is -0.122. The van der Waals surface area contributed by atoms with Crippen molar-refractivity contribution >= 4 is 45.0 Å². The normalized spacial score (nSPS) is 10.9. The number of nitrogens with zero attached hydrogens (tertiary/aromatic N) is 5. The molecule has 0 aliphatic heterocycles. The number of carbonyl (C=O) groups is 1. The van der Waals surface area contributed by atoms with Crippen LogP contribution in [0.15, 0.2) is 30.5 Å². The van der Waals surface area contributed by atoms with E-state index in [2.05, 4.69) is 10.00 Å². The Morgan fingerprint density at radius 3 is 2.66 bits per heavy atom. The molecule has 7 nitrogen and oxygen atoms in total. The highest BCUT2D eigenvalue weighted by molar-refractivity contribution is 7.22. The molecule has 0 N–H and O–H groups in total. The Morgan fingerprint density at radius 1 is 1.21 bits per heavy atom. The van der Waals surface area contributed by atoms with E-state index in [0.29, 0.717) is 24.0 Å². The van der Waals surface area contributed by atoms with E-state index in [1.54, 1.807) is 15.6 Å². The van der Waals surface area contributed by atoms with Crippen LogP contribution in [0.4, 0.5) is 5.13 Å². The largest absolute Gasteiger partial charge is 0.492 e. The van der Waals surface area contributed by atoms with Gasteiger partial charge in [-0.15, -0.1) is 12.4 Å². The zero-order valence-corrected chi connectivity index (χ0v) is 18.9. The van der Waals surface area contributed by atoms with Gasteiger partial charge in [-0.1, -0.05) is 17.4 Å². The molecule has 0 bridgehead atoms. The number of carbonyl (C=O) groups excluding carboxylic acids is 1. The number of fused-ring (bicyclic) bond motifs is 1. The Balaban J connectivity index is 0.00000300. The summed E-state index contributed by atoms with van der Waals surface area (Å²) in [5, 5.41) is 5.06. The van der Waals surface area contributed by atoms with E-state index in [1.165, 1.54) is 11.3 Å². The lowest BCUT2D eigenvalue weighted by Gasteiger charge is -2.20. The molecular formula is C20H28ClN5O2S. The van der Waals surface area contributed by atoms with E-state index in [1.807, 2.05) is 52.3 Å². The van der Waals surface area contributed by atoms with Crippen LogP contribution in [-0.4, -0.2) is 59.4 Å². The van der Waals surface area contributed by atoms with Crippen LogP contribution in [-0.2, 0) is 6.54 Å². The quantitative estimate of drug-likeness (QED) is 0.507. The van der Waals surface area contributed by atoms with Crippen molar-refractivity contribution in [1.82, 2.24) is 19.7 Å². The van der Waals surface area contributed by atoms with Crippen LogP contribution in [0.5, 0.6) is 5.75 Å². The number of benzene rings is 1. The zero-order valence-electron chi connectivity index (χ0n) is 17.3.